The van der Waals surface area contributed by atoms with E-state index in [1.54, 1.807) is 12.1 Å². The number of nitro benzene ring substituents is 1. The van der Waals surface area contributed by atoms with Crippen molar-refractivity contribution >= 4 is 21.4 Å². The molecule has 0 aliphatic rings. The zero-order chi connectivity index (χ0) is 17.0. The summed E-state index contributed by atoms with van der Waals surface area (Å²) in [5.41, 5.74) is 0.525. The van der Waals surface area contributed by atoms with Gasteiger partial charge in [-0.25, -0.2) is 8.42 Å². The van der Waals surface area contributed by atoms with Crippen molar-refractivity contribution in [2.75, 3.05) is 11.8 Å². The van der Waals surface area contributed by atoms with Crippen LogP contribution in [-0.2, 0) is 10.0 Å². The van der Waals surface area contributed by atoms with E-state index in [0.29, 0.717) is 5.56 Å². The second-order valence-electron chi connectivity index (χ2n) is 4.42. The topological polar surface area (TPSA) is 98.5 Å². The standard InChI is InChI=1S/C15H12N2O5S/c1-3-11-5-4-6-12(9-11)16-23(20,21)15-8-7-13(17(18)19)10-14(15)22-2/h1,4-10,16H,2H3. The van der Waals surface area contributed by atoms with E-state index in [1.807, 2.05) is 0 Å². The summed E-state index contributed by atoms with van der Waals surface area (Å²) >= 11 is 0. The average molecular weight is 332 g/mol. The molecule has 2 aromatic carbocycles. The van der Waals surface area contributed by atoms with Crippen molar-refractivity contribution in [1.82, 2.24) is 0 Å². The lowest BCUT2D eigenvalue weighted by molar-refractivity contribution is -0.385. The van der Waals surface area contributed by atoms with Gasteiger partial charge in [-0.05, 0) is 24.3 Å². The molecule has 0 aliphatic heterocycles. The third kappa shape index (κ3) is 3.59. The lowest BCUT2D eigenvalue weighted by Crippen LogP contribution is -2.14. The van der Waals surface area contributed by atoms with E-state index >= 15 is 0 Å². The molecule has 0 saturated heterocycles. The highest BCUT2D eigenvalue weighted by Gasteiger charge is 2.22. The van der Waals surface area contributed by atoms with Crippen LogP contribution in [0.2, 0.25) is 0 Å². The van der Waals surface area contributed by atoms with Crippen LogP contribution >= 0.6 is 0 Å². The quantitative estimate of drug-likeness (QED) is 0.515. The molecule has 2 rings (SSSR count). The molecule has 0 bridgehead atoms. The first-order chi connectivity index (χ1) is 10.9. The number of nitrogens with zero attached hydrogens (tertiary/aromatic N) is 1. The molecule has 0 amide bonds. The van der Waals surface area contributed by atoms with Gasteiger partial charge >= 0.3 is 0 Å². The van der Waals surface area contributed by atoms with Crippen LogP contribution in [0.25, 0.3) is 0 Å². The summed E-state index contributed by atoms with van der Waals surface area (Å²) in [7, 11) is -2.76. The Bertz CT molecular complexity index is 900. The van der Waals surface area contributed by atoms with Crippen LogP contribution in [0.5, 0.6) is 5.75 Å². The Balaban J connectivity index is 2.43. The minimum atomic E-state index is -3.99. The maximum Gasteiger partial charge on any atom is 0.273 e. The van der Waals surface area contributed by atoms with Gasteiger partial charge in [-0.2, -0.15) is 0 Å². The summed E-state index contributed by atoms with van der Waals surface area (Å²) < 4.78 is 32.2. The maximum absolute atomic E-state index is 12.4. The van der Waals surface area contributed by atoms with E-state index in [1.165, 1.54) is 19.2 Å². The molecule has 0 unspecified atom stereocenters. The fourth-order valence-corrected chi connectivity index (χ4v) is 3.08. The second-order valence-corrected chi connectivity index (χ2v) is 6.07. The molecule has 0 saturated carbocycles. The number of non-ortho nitro benzene ring substituents is 1. The fraction of sp³-hybridized carbons (Fsp3) is 0.0667. The van der Waals surface area contributed by atoms with Crippen molar-refractivity contribution in [3.05, 3.63) is 58.1 Å². The van der Waals surface area contributed by atoms with Crippen molar-refractivity contribution in [3.8, 4) is 18.1 Å². The molecule has 0 heterocycles. The fourth-order valence-electron chi connectivity index (χ4n) is 1.87. The van der Waals surface area contributed by atoms with Gasteiger partial charge in [0.15, 0.2) is 0 Å². The van der Waals surface area contributed by atoms with Crippen molar-refractivity contribution in [3.63, 3.8) is 0 Å². The molecule has 0 fully saturated rings. The number of terminal acetylenes is 1. The first-order valence-electron chi connectivity index (χ1n) is 6.29. The molecule has 2 aromatic rings. The summed E-state index contributed by atoms with van der Waals surface area (Å²) in [5.74, 6) is 2.28. The molecule has 23 heavy (non-hydrogen) atoms. The first kappa shape index (κ1) is 16.3. The highest BCUT2D eigenvalue weighted by Crippen LogP contribution is 2.29. The van der Waals surface area contributed by atoms with Gasteiger partial charge in [0, 0.05) is 11.6 Å². The molecule has 0 aliphatic carbocycles. The summed E-state index contributed by atoms with van der Waals surface area (Å²) in [6.07, 6.45) is 5.27. The second kappa shape index (κ2) is 6.37. The Morgan fingerprint density at radius 1 is 1.26 bits per heavy atom. The van der Waals surface area contributed by atoms with Crippen LogP contribution in [0.4, 0.5) is 11.4 Å². The minimum Gasteiger partial charge on any atom is -0.495 e. The van der Waals surface area contributed by atoms with Gasteiger partial charge < -0.3 is 4.74 Å². The van der Waals surface area contributed by atoms with Gasteiger partial charge in [0.1, 0.15) is 10.6 Å². The van der Waals surface area contributed by atoms with Crippen LogP contribution < -0.4 is 9.46 Å². The number of hydrogen-bond acceptors (Lipinski definition) is 5. The Hall–Kier alpha value is -3.05. The molecule has 1 N–H and O–H groups in total. The number of methoxy groups -OCH3 is 1. The Kier molecular flexibility index (Phi) is 4.52. The van der Waals surface area contributed by atoms with Gasteiger partial charge in [-0.1, -0.05) is 12.0 Å². The number of nitrogens with one attached hydrogen (secondary N) is 1. The first-order valence-corrected chi connectivity index (χ1v) is 7.77. The Morgan fingerprint density at radius 2 is 2.00 bits per heavy atom. The van der Waals surface area contributed by atoms with Crippen molar-refractivity contribution in [2.24, 2.45) is 0 Å². The lowest BCUT2D eigenvalue weighted by atomic mass is 10.2. The molecule has 118 valence electrons. The smallest absolute Gasteiger partial charge is 0.273 e. The average Bonchev–Trinajstić information content (AvgIpc) is 2.53. The zero-order valence-electron chi connectivity index (χ0n) is 12.0. The van der Waals surface area contributed by atoms with Crippen LogP contribution in [0.3, 0.4) is 0 Å². The van der Waals surface area contributed by atoms with Gasteiger partial charge in [0.2, 0.25) is 0 Å². The third-order valence-electron chi connectivity index (χ3n) is 2.93. The highest BCUT2D eigenvalue weighted by molar-refractivity contribution is 7.92. The maximum atomic E-state index is 12.4. The molecule has 7 nitrogen and oxygen atoms in total. The predicted octanol–water partition coefficient (Wildman–Crippen LogP) is 2.39. The van der Waals surface area contributed by atoms with E-state index in [0.717, 1.165) is 18.2 Å². The van der Waals surface area contributed by atoms with Gasteiger partial charge in [0.05, 0.1) is 23.8 Å². The molecule has 0 radical (unpaired) electrons. The van der Waals surface area contributed by atoms with E-state index in [-0.39, 0.29) is 22.0 Å². The minimum absolute atomic E-state index is 0.125. The SMILES string of the molecule is C#Cc1cccc(NS(=O)(=O)c2ccc([N+](=O)[O-])cc2OC)c1. The zero-order valence-corrected chi connectivity index (χ0v) is 12.8. The summed E-state index contributed by atoms with van der Waals surface area (Å²) in [5, 5.41) is 10.8. The van der Waals surface area contributed by atoms with E-state index in [9.17, 15) is 18.5 Å². The predicted molar refractivity (Wildman–Crippen MR) is 84.8 cm³/mol. The van der Waals surface area contributed by atoms with Crippen LogP contribution in [0.15, 0.2) is 47.4 Å². The van der Waals surface area contributed by atoms with E-state index < -0.39 is 14.9 Å². The molecule has 8 heteroatoms. The number of rotatable bonds is 5. The number of benzene rings is 2. The molecular formula is C15H12N2O5S. The van der Waals surface area contributed by atoms with Crippen molar-refractivity contribution in [2.45, 2.75) is 4.90 Å². The van der Waals surface area contributed by atoms with Gasteiger partial charge in [-0.3, -0.25) is 14.8 Å². The normalized spacial score (nSPS) is 10.6. The number of ether oxygens (including phenoxy) is 1. The van der Waals surface area contributed by atoms with Crippen molar-refractivity contribution < 1.29 is 18.1 Å². The van der Waals surface area contributed by atoms with Gasteiger partial charge in [0.25, 0.3) is 15.7 Å². The van der Waals surface area contributed by atoms with Crippen molar-refractivity contribution in [1.29, 1.82) is 0 Å². The van der Waals surface area contributed by atoms with Crippen LogP contribution in [-0.4, -0.2) is 20.5 Å². The van der Waals surface area contributed by atoms with Gasteiger partial charge in [-0.15, -0.1) is 6.42 Å². The molecule has 0 atom stereocenters. The number of sulfonamides is 1. The summed E-state index contributed by atoms with van der Waals surface area (Å²) in [6.45, 7) is 0. The molecule has 0 aromatic heterocycles. The summed E-state index contributed by atoms with van der Waals surface area (Å²) in [6, 6.07) is 9.56. The monoisotopic (exact) mass is 332 g/mol. The molecular weight excluding hydrogens is 320 g/mol. The number of nitro groups is 1. The third-order valence-corrected chi connectivity index (χ3v) is 4.35. The number of anilines is 1. The largest absolute Gasteiger partial charge is 0.495 e. The summed E-state index contributed by atoms with van der Waals surface area (Å²) in [4.78, 5) is 9.91. The number of hydrogen-bond donors (Lipinski definition) is 1. The molecule has 0 spiro atoms. The van der Waals surface area contributed by atoms with E-state index in [2.05, 4.69) is 10.6 Å². The van der Waals surface area contributed by atoms with Crippen LogP contribution in [0, 0.1) is 22.5 Å². The Labute approximate surface area is 133 Å². The Morgan fingerprint density at radius 3 is 2.61 bits per heavy atom. The van der Waals surface area contributed by atoms with E-state index in [4.69, 9.17) is 11.2 Å². The lowest BCUT2D eigenvalue weighted by Gasteiger charge is -2.11. The van der Waals surface area contributed by atoms with Crippen LogP contribution in [0.1, 0.15) is 5.56 Å². The highest BCUT2D eigenvalue weighted by atomic mass is 32.2.